The largest absolute Gasteiger partial charge is 0.459 e. The van der Waals surface area contributed by atoms with Crippen molar-refractivity contribution in [3.8, 4) is 0 Å². The van der Waals surface area contributed by atoms with Crippen LogP contribution < -0.4 is 0 Å². The lowest BCUT2D eigenvalue weighted by Crippen LogP contribution is -2.66. The van der Waals surface area contributed by atoms with E-state index in [1.807, 2.05) is 0 Å². The molecule has 1 aromatic carbocycles. The van der Waals surface area contributed by atoms with Crippen LogP contribution in [0.1, 0.15) is 25.8 Å². The Labute approximate surface area is 155 Å². The molecule has 0 radical (unpaired) electrons. The summed E-state index contributed by atoms with van der Waals surface area (Å²) in [4.78, 5) is 48.6. The van der Waals surface area contributed by atoms with Gasteiger partial charge in [0.2, 0.25) is 5.91 Å². The van der Waals surface area contributed by atoms with Crippen molar-refractivity contribution in [2.24, 2.45) is 11.8 Å². The standard InChI is InChI=1S/C18H20N2O7/c1-3-12(21)13-14-9(2)16(22)15(19(14)17(13)23)18(24)27-8-10-4-6-11(7-5-10)20(25)26/h4-7,9,12-15,21H,3,8H2,1-2H3/t9-,12?,13-,14-,15?/m1/s1. The number of aliphatic hydroxyl groups excluding tert-OH is 1. The van der Waals surface area contributed by atoms with Crippen molar-refractivity contribution in [1.29, 1.82) is 0 Å². The highest BCUT2D eigenvalue weighted by Crippen LogP contribution is 2.43. The summed E-state index contributed by atoms with van der Waals surface area (Å²) in [6.45, 7) is 3.23. The third-order valence-electron chi connectivity index (χ3n) is 5.32. The zero-order valence-corrected chi connectivity index (χ0v) is 14.9. The van der Waals surface area contributed by atoms with Gasteiger partial charge < -0.3 is 14.7 Å². The molecule has 1 amide bonds. The molecule has 144 valence electrons. The van der Waals surface area contributed by atoms with E-state index in [0.29, 0.717) is 12.0 Å². The molecule has 1 aromatic rings. The molecular weight excluding hydrogens is 356 g/mol. The van der Waals surface area contributed by atoms with E-state index in [4.69, 9.17) is 4.74 Å². The Morgan fingerprint density at radius 1 is 1.33 bits per heavy atom. The average molecular weight is 376 g/mol. The van der Waals surface area contributed by atoms with Crippen LogP contribution in [0.5, 0.6) is 0 Å². The molecule has 5 atom stereocenters. The van der Waals surface area contributed by atoms with Crippen LogP contribution in [0.25, 0.3) is 0 Å². The SMILES string of the molecule is CCC(O)[C@H]1C(=O)N2C(C(=O)OCc3ccc([N+](=O)[O-])cc3)C(=O)[C@H](C)[C@H]12. The smallest absolute Gasteiger partial charge is 0.337 e. The summed E-state index contributed by atoms with van der Waals surface area (Å²) in [5.74, 6) is -2.85. The Bertz CT molecular complexity index is 791. The zero-order chi connectivity index (χ0) is 19.9. The molecule has 0 aliphatic carbocycles. The van der Waals surface area contributed by atoms with E-state index in [-0.39, 0.29) is 12.3 Å². The van der Waals surface area contributed by atoms with Crippen molar-refractivity contribution in [3.05, 3.63) is 39.9 Å². The van der Waals surface area contributed by atoms with Crippen LogP contribution in [0.2, 0.25) is 0 Å². The fourth-order valence-corrected chi connectivity index (χ4v) is 3.78. The number of ketones is 1. The lowest BCUT2D eigenvalue weighted by Gasteiger charge is -2.47. The number of carbonyl (C=O) groups is 3. The Balaban J connectivity index is 1.67. The van der Waals surface area contributed by atoms with Crippen molar-refractivity contribution >= 4 is 23.3 Å². The maximum atomic E-state index is 12.5. The first-order valence-corrected chi connectivity index (χ1v) is 8.71. The average Bonchev–Trinajstić information content (AvgIpc) is 2.88. The van der Waals surface area contributed by atoms with Gasteiger partial charge in [-0.05, 0) is 24.1 Å². The van der Waals surface area contributed by atoms with Gasteiger partial charge in [0.1, 0.15) is 6.61 Å². The molecular formula is C18H20N2O7. The quantitative estimate of drug-likeness (QED) is 0.256. The van der Waals surface area contributed by atoms with Crippen LogP contribution >= 0.6 is 0 Å². The molecule has 2 aliphatic rings. The van der Waals surface area contributed by atoms with E-state index >= 15 is 0 Å². The van der Waals surface area contributed by atoms with Gasteiger partial charge in [-0.25, -0.2) is 4.79 Å². The van der Waals surface area contributed by atoms with Crippen LogP contribution in [0.4, 0.5) is 5.69 Å². The molecule has 1 N–H and O–H groups in total. The minimum atomic E-state index is -1.30. The zero-order valence-electron chi connectivity index (χ0n) is 14.9. The molecule has 2 saturated heterocycles. The van der Waals surface area contributed by atoms with Gasteiger partial charge in [0.05, 0.1) is 23.0 Å². The van der Waals surface area contributed by atoms with Gasteiger partial charge in [-0.1, -0.05) is 13.8 Å². The van der Waals surface area contributed by atoms with Crippen LogP contribution in [-0.4, -0.2) is 50.8 Å². The number of carbonyl (C=O) groups excluding carboxylic acids is 3. The number of esters is 1. The van der Waals surface area contributed by atoms with E-state index in [2.05, 4.69) is 0 Å². The number of hydrogen-bond acceptors (Lipinski definition) is 7. The molecule has 9 heteroatoms. The van der Waals surface area contributed by atoms with Crippen LogP contribution in [0.3, 0.4) is 0 Å². The Morgan fingerprint density at radius 2 is 1.96 bits per heavy atom. The first kappa shape index (κ1) is 19.0. The van der Waals surface area contributed by atoms with E-state index in [0.717, 1.165) is 0 Å². The summed E-state index contributed by atoms with van der Waals surface area (Å²) < 4.78 is 5.17. The maximum Gasteiger partial charge on any atom is 0.337 e. The number of nitro groups is 1. The Hall–Kier alpha value is -2.81. The van der Waals surface area contributed by atoms with Crippen molar-refractivity contribution < 1.29 is 29.2 Å². The minimum absolute atomic E-state index is 0.0839. The predicted molar refractivity (Wildman–Crippen MR) is 91.3 cm³/mol. The molecule has 2 aliphatic heterocycles. The number of benzene rings is 1. The van der Waals surface area contributed by atoms with E-state index < -0.39 is 52.6 Å². The van der Waals surface area contributed by atoms with Crippen molar-refractivity contribution in [2.45, 2.75) is 45.1 Å². The molecule has 0 bridgehead atoms. The summed E-state index contributed by atoms with van der Waals surface area (Å²) in [6.07, 6.45) is -0.458. The van der Waals surface area contributed by atoms with Crippen LogP contribution in [-0.2, 0) is 25.7 Å². The fraction of sp³-hybridized carbons (Fsp3) is 0.500. The second kappa shape index (κ2) is 7.07. The molecule has 2 fully saturated rings. The maximum absolute atomic E-state index is 12.5. The molecule has 3 rings (SSSR count). The lowest BCUT2D eigenvalue weighted by atomic mass is 9.78. The highest BCUT2D eigenvalue weighted by atomic mass is 16.6. The summed E-state index contributed by atoms with van der Waals surface area (Å²) in [5.41, 5.74) is 0.442. The summed E-state index contributed by atoms with van der Waals surface area (Å²) in [6, 6.07) is 3.70. The van der Waals surface area contributed by atoms with Gasteiger partial charge in [0.15, 0.2) is 11.8 Å². The Morgan fingerprint density at radius 3 is 2.52 bits per heavy atom. The summed E-state index contributed by atoms with van der Waals surface area (Å²) >= 11 is 0. The minimum Gasteiger partial charge on any atom is -0.459 e. The normalized spacial score (nSPS) is 27.7. The van der Waals surface area contributed by atoms with Crippen LogP contribution in [0, 0.1) is 22.0 Å². The van der Waals surface area contributed by atoms with E-state index in [1.54, 1.807) is 13.8 Å². The van der Waals surface area contributed by atoms with Crippen molar-refractivity contribution in [2.75, 3.05) is 0 Å². The second-order valence-corrected chi connectivity index (χ2v) is 6.86. The number of hydrogen-bond donors (Lipinski definition) is 1. The van der Waals surface area contributed by atoms with Gasteiger partial charge >= 0.3 is 5.97 Å². The number of amides is 1. The van der Waals surface area contributed by atoms with Crippen molar-refractivity contribution in [3.63, 3.8) is 0 Å². The topological polar surface area (TPSA) is 127 Å². The first-order chi connectivity index (χ1) is 12.8. The molecule has 9 nitrogen and oxygen atoms in total. The van der Waals surface area contributed by atoms with Gasteiger partial charge in [-0.2, -0.15) is 0 Å². The first-order valence-electron chi connectivity index (χ1n) is 8.71. The number of nitrogens with zero attached hydrogens (tertiary/aromatic N) is 2. The molecule has 0 saturated carbocycles. The number of fused-ring (bicyclic) bond motifs is 1. The van der Waals surface area contributed by atoms with Gasteiger partial charge in [-0.15, -0.1) is 0 Å². The van der Waals surface area contributed by atoms with Crippen LogP contribution in [0.15, 0.2) is 24.3 Å². The summed E-state index contributed by atoms with van der Waals surface area (Å²) in [5, 5.41) is 20.7. The molecule has 2 unspecified atom stereocenters. The highest BCUT2D eigenvalue weighted by Gasteiger charge is 2.65. The fourth-order valence-electron chi connectivity index (χ4n) is 3.78. The summed E-state index contributed by atoms with van der Waals surface area (Å²) in [7, 11) is 0. The lowest BCUT2D eigenvalue weighted by molar-refractivity contribution is -0.384. The third kappa shape index (κ3) is 3.08. The molecule has 2 heterocycles. The number of aliphatic hydroxyl groups is 1. The number of non-ortho nitro benzene ring substituents is 1. The van der Waals surface area contributed by atoms with Gasteiger partial charge in [0.25, 0.3) is 5.69 Å². The predicted octanol–water partition coefficient (Wildman–Crippen LogP) is 0.823. The second-order valence-electron chi connectivity index (χ2n) is 6.86. The number of ether oxygens (including phenoxy) is 1. The molecule has 0 aromatic heterocycles. The number of β-lactam (4-membered cyclic amide) rings is 1. The molecule has 27 heavy (non-hydrogen) atoms. The van der Waals surface area contributed by atoms with Gasteiger partial charge in [0, 0.05) is 18.1 Å². The number of rotatable bonds is 6. The molecule has 0 spiro atoms. The number of Topliss-reactive ketones (excluding diaryl/α,β-unsaturated/α-hetero) is 1. The Kier molecular flexibility index (Phi) is 4.97. The van der Waals surface area contributed by atoms with Gasteiger partial charge in [-0.3, -0.25) is 19.7 Å². The van der Waals surface area contributed by atoms with E-state index in [9.17, 15) is 29.6 Å². The highest BCUT2D eigenvalue weighted by molar-refractivity contribution is 6.12. The van der Waals surface area contributed by atoms with E-state index in [1.165, 1.54) is 29.2 Å². The number of nitro benzene ring substituents is 1. The third-order valence-corrected chi connectivity index (χ3v) is 5.32. The monoisotopic (exact) mass is 376 g/mol. The van der Waals surface area contributed by atoms with Crippen molar-refractivity contribution in [1.82, 2.24) is 4.90 Å².